The third-order valence-electron chi connectivity index (χ3n) is 2.59. The summed E-state index contributed by atoms with van der Waals surface area (Å²) < 4.78 is 1.07. The summed E-state index contributed by atoms with van der Waals surface area (Å²) in [6, 6.07) is 11.5. The number of carbonyl (C=O) groups is 1. The fourth-order valence-corrected chi connectivity index (χ4v) is 3.16. The van der Waals surface area contributed by atoms with E-state index in [1.165, 1.54) is 0 Å². The van der Waals surface area contributed by atoms with Crippen molar-refractivity contribution in [3.05, 3.63) is 50.6 Å². The number of hydrogen-bond donors (Lipinski definition) is 2. The molecule has 0 fully saturated rings. The van der Waals surface area contributed by atoms with Crippen molar-refractivity contribution in [3.8, 4) is 0 Å². The molecule has 2 aromatic rings. The molecule has 100 valence electrons. The van der Waals surface area contributed by atoms with E-state index in [1.54, 1.807) is 11.3 Å². The number of carbonyl (C=O) groups excluding carboxylic acids is 1. The van der Waals surface area contributed by atoms with Crippen LogP contribution in [0.25, 0.3) is 0 Å². The molecular formula is C14H15BrN2OS. The molecule has 2 rings (SSSR count). The monoisotopic (exact) mass is 338 g/mol. The zero-order valence-electron chi connectivity index (χ0n) is 10.6. The van der Waals surface area contributed by atoms with Gasteiger partial charge in [-0.25, -0.2) is 0 Å². The van der Waals surface area contributed by atoms with Crippen molar-refractivity contribution in [2.75, 3.05) is 11.9 Å². The number of rotatable bonds is 5. The van der Waals surface area contributed by atoms with Crippen molar-refractivity contribution >= 4 is 38.9 Å². The number of anilines is 1. The van der Waals surface area contributed by atoms with Crippen molar-refractivity contribution in [1.29, 1.82) is 0 Å². The molecule has 0 aliphatic heterocycles. The Morgan fingerprint density at radius 3 is 2.74 bits per heavy atom. The van der Waals surface area contributed by atoms with Crippen molar-refractivity contribution in [1.82, 2.24) is 5.32 Å². The standard InChI is InChI=1S/C14H15BrN2OS/c1-2-16-12-6-4-3-5-11(12)14(18)17-9-10-7-8-13(15)19-10/h3-8,16H,2,9H2,1H3,(H,17,18). The first kappa shape index (κ1) is 14.1. The lowest BCUT2D eigenvalue weighted by Gasteiger charge is -2.10. The van der Waals surface area contributed by atoms with Crippen LogP contribution in [-0.4, -0.2) is 12.5 Å². The lowest BCUT2D eigenvalue weighted by Crippen LogP contribution is -2.23. The Morgan fingerprint density at radius 1 is 1.26 bits per heavy atom. The van der Waals surface area contributed by atoms with Crippen molar-refractivity contribution in [2.45, 2.75) is 13.5 Å². The Balaban J connectivity index is 2.03. The van der Waals surface area contributed by atoms with Crippen molar-refractivity contribution < 1.29 is 4.79 Å². The van der Waals surface area contributed by atoms with Crippen molar-refractivity contribution in [2.24, 2.45) is 0 Å². The molecular weight excluding hydrogens is 324 g/mol. The van der Waals surface area contributed by atoms with Crippen LogP contribution in [0.2, 0.25) is 0 Å². The van der Waals surface area contributed by atoms with Gasteiger partial charge in [0.2, 0.25) is 0 Å². The highest BCUT2D eigenvalue weighted by Gasteiger charge is 2.10. The van der Waals surface area contributed by atoms with E-state index in [-0.39, 0.29) is 5.91 Å². The molecule has 0 atom stereocenters. The van der Waals surface area contributed by atoms with Crippen LogP contribution in [0.3, 0.4) is 0 Å². The van der Waals surface area contributed by atoms with Gasteiger partial charge in [0.15, 0.2) is 0 Å². The van der Waals surface area contributed by atoms with Gasteiger partial charge in [-0.1, -0.05) is 12.1 Å². The largest absolute Gasteiger partial charge is 0.385 e. The van der Waals surface area contributed by atoms with Gasteiger partial charge < -0.3 is 10.6 Å². The molecule has 2 N–H and O–H groups in total. The molecule has 1 aromatic heterocycles. The summed E-state index contributed by atoms with van der Waals surface area (Å²) in [6.07, 6.45) is 0. The third-order valence-corrected chi connectivity index (χ3v) is 4.21. The summed E-state index contributed by atoms with van der Waals surface area (Å²) >= 11 is 5.04. The molecule has 0 aliphatic rings. The first-order valence-electron chi connectivity index (χ1n) is 6.06. The van der Waals surface area contributed by atoms with Crippen LogP contribution in [0.5, 0.6) is 0 Å². The molecule has 0 saturated heterocycles. The van der Waals surface area contributed by atoms with Gasteiger partial charge in [0.05, 0.1) is 15.9 Å². The van der Waals surface area contributed by atoms with Crippen LogP contribution in [0, 0.1) is 0 Å². The molecule has 19 heavy (non-hydrogen) atoms. The molecule has 0 bridgehead atoms. The van der Waals surface area contributed by atoms with Crippen LogP contribution in [0.1, 0.15) is 22.2 Å². The van der Waals surface area contributed by atoms with Gasteiger partial charge >= 0.3 is 0 Å². The summed E-state index contributed by atoms with van der Waals surface area (Å²) in [5.74, 6) is -0.0546. The fourth-order valence-electron chi connectivity index (χ4n) is 1.74. The van der Waals surface area contributed by atoms with Gasteiger partial charge in [0.1, 0.15) is 0 Å². The number of hydrogen-bond acceptors (Lipinski definition) is 3. The molecule has 0 aliphatic carbocycles. The van der Waals surface area contributed by atoms with Crippen LogP contribution in [0.4, 0.5) is 5.69 Å². The first-order valence-corrected chi connectivity index (χ1v) is 7.67. The molecule has 1 amide bonds. The van der Waals surface area contributed by atoms with Crippen LogP contribution in [-0.2, 0) is 6.54 Å². The number of amides is 1. The zero-order chi connectivity index (χ0) is 13.7. The van der Waals surface area contributed by atoms with Crippen molar-refractivity contribution in [3.63, 3.8) is 0 Å². The average Bonchev–Trinajstić information content (AvgIpc) is 2.83. The Morgan fingerprint density at radius 2 is 2.05 bits per heavy atom. The van der Waals surface area contributed by atoms with Gasteiger partial charge in [0, 0.05) is 17.1 Å². The number of nitrogens with one attached hydrogen (secondary N) is 2. The number of benzene rings is 1. The van der Waals surface area contributed by atoms with E-state index >= 15 is 0 Å². The van der Waals surface area contributed by atoms with Crippen LogP contribution in [0.15, 0.2) is 40.2 Å². The minimum Gasteiger partial charge on any atom is -0.385 e. The Bertz CT molecular complexity index is 568. The number of para-hydroxylation sites is 1. The lowest BCUT2D eigenvalue weighted by atomic mass is 10.1. The minimum atomic E-state index is -0.0546. The maximum absolute atomic E-state index is 12.2. The van der Waals surface area contributed by atoms with E-state index in [1.807, 2.05) is 43.3 Å². The van der Waals surface area contributed by atoms with E-state index < -0.39 is 0 Å². The topological polar surface area (TPSA) is 41.1 Å². The molecule has 3 nitrogen and oxygen atoms in total. The summed E-state index contributed by atoms with van der Waals surface area (Å²) in [7, 11) is 0. The predicted octanol–water partition coefficient (Wildman–Crippen LogP) is 3.87. The van der Waals surface area contributed by atoms with Gasteiger partial charge in [-0.3, -0.25) is 4.79 Å². The van der Waals surface area contributed by atoms with Crippen LogP contribution >= 0.6 is 27.3 Å². The fraction of sp³-hybridized carbons (Fsp3) is 0.214. The summed E-state index contributed by atoms with van der Waals surface area (Å²) in [5, 5.41) is 6.13. The Hall–Kier alpha value is -1.33. The Kier molecular flexibility index (Phi) is 4.99. The van der Waals surface area contributed by atoms with Gasteiger partial charge in [-0.15, -0.1) is 11.3 Å². The quantitative estimate of drug-likeness (QED) is 0.868. The molecule has 1 heterocycles. The SMILES string of the molecule is CCNc1ccccc1C(=O)NCc1ccc(Br)s1. The normalized spacial score (nSPS) is 10.2. The van der Waals surface area contributed by atoms with E-state index in [4.69, 9.17) is 0 Å². The van der Waals surface area contributed by atoms with Gasteiger partial charge in [0.25, 0.3) is 5.91 Å². The third kappa shape index (κ3) is 3.81. The van der Waals surface area contributed by atoms with Gasteiger partial charge in [-0.05, 0) is 47.1 Å². The second kappa shape index (κ2) is 6.73. The molecule has 5 heteroatoms. The molecule has 0 unspecified atom stereocenters. The molecule has 0 spiro atoms. The minimum absolute atomic E-state index is 0.0546. The predicted molar refractivity (Wildman–Crippen MR) is 83.8 cm³/mol. The average molecular weight is 339 g/mol. The molecule has 1 aromatic carbocycles. The first-order chi connectivity index (χ1) is 9.20. The lowest BCUT2D eigenvalue weighted by molar-refractivity contribution is 0.0952. The smallest absolute Gasteiger partial charge is 0.253 e. The van der Waals surface area contributed by atoms with E-state index in [2.05, 4.69) is 26.6 Å². The highest BCUT2D eigenvalue weighted by atomic mass is 79.9. The highest BCUT2D eigenvalue weighted by molar-refractivity contribution is 9.11. The summed E-state index contributed by atoms with van der Waals surface area (Å²) in [5.41, 5.74) is 1.55. The Labute approximate surface area is 125 Å². The van der Waals surface area contributed by atoms with Gasteiger partial charge in [-0.2, -0.15) is 0 Å². The number of thiophene rings is 1. The summed E-state index contributed by atoms with van der Waals surface area (Å²) in [4.78, 5) is 13.3. The van der Waals surface area contributed by atoms with E-state index in [0.717, 1.165) is 20.9 Å². The maximum atomic E-state index is 12.2. The second-order valence-corrected chi connectivity index (χ2v) is 6.51. The molecule has 0 radical (unpaired) electrons. The maximum Gasteiger partial charge on any atom is 0.253 e. The summed E-state index contributed by atoms with van der Waals surface area (Å²) in [6.45, 7) is 3.36. The van der Waals surface area contributed by atoms with Crippen LogP contribution < -0.4 is 10.6 Å². The molecule has 0 saturated carbocycles. The number of halogens is 1. The highest BCUT2D eigenvalue weighted by Crippen LogP contribution is 2.22. The zero-order valence-corrected chi connectivity index (χ0v) is 13.0. The van der Waals surface area contributed by atoms with E-state index in [0.29, 0.717) is 12.1 Å². The second-order valence-electron chi connectivity index (χ2n) is 3.96. The van der Waals surface area contributed by atoms with E-state index in [9.17, 15) is 4.79 Å².